The number of benzene rings is 4. The zero-order chi connectivity index (χ0) is 55.8. The molecular weight excluding hydrogens is 1000 g/mol. The summed E-state index contributed by atoms with van der Waals surface area (Å²) in [6.45, 7) is 33.3. The minimum absolute atomic E-state index is 0.207. The Morgan fingerprint density at radius 2 is 0.625 bits per heavy atom. The highest BCUT2D eigenvalue weighted by Gasteiger charge is 2.35. The van der Waals surface area contributed by atoms with E-state index in [1.807, 2.05) is 121 Å². The van der Waals surface area contributed by atoms with Gasteiger partial charge in [-0.05, 0) is 119 Å². The van der Waals surface area contributed by atoms with Crippen LogP contribution in [0.15, 0.2) is 265 Å². The van der Waals surface area contributed by atoms with Crippen molar-refractivity contribution in [1.29, 1.82) is 0 Å². The second-order valence-corrected chi connectivity index (χ2v) is 18.0. The van der Waals surface area contributed by atoms with Gasteiger partial charge < -0.3 is 37.9 Å². The summed E-state index contributed by atoms with van der Waals surface area (Å²) < 4.78 is 50.7. The topological polar surface area (TPSA) is 123 Å². The minimum Gasteiger partial charge on any atom is -0.489 e. The Balaban J connectivity index is 1.49. The van der Waals surface area contributed by atoms with E-state index in [4.69, 9.17) is 57.9 Å². The van der Waals surface area contributed by atoms with Crippen LogP contribution < -0.4 is 37.9 Å². The molecule has 5 aliphatic heterocycles. The van der Waals surface area contributed by atoms with Gasteiger partial charge in [0.1, 0.15) is 98.9 Å². The summed E-state index contributed by atoms with van der Waals surface area (Å²) in [4.78, 5) is 21.5. The third-order valence-corrected chi connectivity index (χ3v) is 12.1. The maximum Gasteiger partial charge on any atom is 0.124 e. The van der Waals surface area contributed by atoms with Gasteiger partial charge in [-0.1, -0.05) is 101 Å². The molecule has 0 spiro atoms. The fourth-order valence-electron chi connectivity index (χ4n) is 8.98. The zero-order valence-corrected chi connectivity index (χ0v) is 44.5. The molecule has 0 amide bonds. The van der Waals surface area contributed by atoms with Crippen LogP contribution in [0.1, 0.15) is 22.3 Å². The van der Waals surface area contributed by atoms with Gasteiger partial charge in [0.2, 0.25) is 0 Å². The van der Waals surface area contributed by atoms with Gasteiger partial charge in [-0.2, -0.15) is 0 Å². The van der Waals surface area contributed by atoms with E-state index < -0.39 is 0 Å². The third kappa shape index (κ3) is 13.1. The molecular formula is C68H60N4O8. The van der Waals surface area contributed by atoms with Crippen LogP contribution in [0, 0.1) is 0 Å². The number of hydrogen-bond acceptors (Lipinski definition) is 12. The molecule has 0 atom stereocenters. The van der Waals surface area contributed by atoms with Crippen LogP contribution in [0.3, 0.4) is 0 Å². The standard InChI is InChI=1S/C68H60N4O8/c1-9-21-73-54-29-45(30-55(41-54)74-22-10-2)62-39-53-38-51-18-17-49(69-51)37-50-19-20-52(70-50)40-63-64(46-31-56(75-23-11-3)42-57(32-46)76-24-12-4)65(47-33-58(77-25-13-5)43-59(34-47)78-26-14-6)68(72-63)66(67(62)71-53)48-35-60(79-27-15-7)44-61(36-48)80-28-16-8/h9-20,29-44H,1-8,21-28H2. The van der Waals surface area contributed by atoms with Gasteiger partial charge in [0.15, 0.2) is 0 Å². The van der Waals surface area contributed by atoms with Gasteiger partial charge in [0.25, 0.3) is 0 Å². The average Bonchev–Trinajstić information content (AvgIpc) is 4.02. The number of nitrogens with zero attached hydrogens (tertiary/aromatic N) is 4. The van der Waals surface area contributed by atoms with E-state index in [0.717, 1.165) is 11.3 Å². The molecule has 0 unspecified atom stereocenters. The monoisotopic (exact) mass is 1060 g/mol. The molecule has 4 aromatic carbocycles. The Kier molecular flexibility index (Phi) is 17.9. The smallest absolute Gasteiger partial charge is 0.124 e. The Hall–Kier alpha value is -10.2. The molecule has 0 saturated heterocycles. The van der Waals surface area contributed by atoms with E-state index in [2.05, 4.69) is 52.6 Å². The molecule has 0 radical (unpaired) electrons. The number of hydrogen-bond donors (Lipinski definition) is 0. The molecule has 5 aliphatic rings. The summed E-state index contributed by atoms with van der Waals surface area (Å²) >= 11 is 0. The van der Waals surface area contributed by atoms with Gasteiger partial charge in [0, 0.05) is 46.6 Å². The molecule has 0 aliphatic carbocycles. The summed E-state index contributed by atoms with van der Waals surface area (Å²) in [7, 11) is 0. The molecule has 4 aromatic rings. The maximum atomic E-state index is 6.38. The second kappa shape index (κ2) is 26.2. The first-order valence-electron chi connectivity index (χ1n) is 25.8. The van der Waals surface area contributed by atoms with Crippen molar-refractivity contribution in [2.45, 2.75) is 0 Å². The number of ether oxygens (including phenoxy) is 8. The van der Waals surface area contributed by atoms with Crippen LogP contribution in [-0.4, -0.2) is 75.7 Å². The lowest BCUT2D eigenvalue weighted by Crippen LogP contribution is -2.09. The Morgan fingerprint density at radius 1 is 0.300 bits per heavy atom. The normalized spacial score (nSPS) is 14.7. The van der Waals surface area contributed by atoms with E-state index in [9.17, 15) is 0 Å². The van der Waals surface area contributed by atoms with Crippen molar-refractivity contribution in [2.24, 2.45) is 20.0 Å². The van der Waals surface area contributed by atoms with Gasteiger partial charge in [-0.3, -0.25) is 0 Å². The van der Waals surface area contributed by atoms with Gasteiger partial charge in [0.05, 0.1) is 45.6 Å². The van der Waals surface area contributed by atoms with Crippen LogP contribution in [0.25, 0.3) is 22.3 Å². The van der Waals surface area contributed by atoms with E-state index in [-0.39, 0.29) is 52.9 Å². The molecule has 0 fully saturated rings. The predicted molar refractivity (Wildman–Crippen MR) is 325 cm³/mol. The summed E-state index contributed by atoms with van der Waals surface area (Å²) in [5.41, 5.74) is 10.3. The van der Waals surface area contributed by atoms with Crippen molar-refractivity contribution in [3.05, 3.63) is 268 Å². The fourth-order valence-corrected chi connectivity index (χ4v) is 8.98. The minimum atomic E-state index is 0.207. The molecule has 400 valence electrons. The number of fused-ring (bicyclic) bond motifs is 4. The lowest BCUT2D eigenvalue weighted by molar-refractivity contribution is 0.344. The molecule has 80 heavy (non-hydrogen) atoms. The Labute approximate surface area is 467 Å². The molecule has 5 heterocycles. The van der Waals surface area contributed by atoms with Crippen LogP contribution in [0.2, 0.25) is 0 Å². The number of allylic oxidation sites excluding steroid dienone is 12. The van der Waals surface area contributed by atoms with Crippen molar-refractivity contribution in [3.63, 3.8) is 0 Å². The van der Waals surface area contributed by atoms with Crippen molar-refractivity contribution >= 4 is 45.1 Å². The maximum absolute atomic E-state index is 6.38. The Morgan fingerprint density at radius 3 is 1.00 bits per heavy atom. The summed E-state index contributed by atoms with van der Waals surface area (Å²) in [6.07, 6.45) is 29.2. The first-order valence-corrected chi connectivity index (χ1v) is 25.8. The summed E-state index contributed by atoms with van der Waals surface area (Å²) in [5.74, 6) is 4.14. The highest BCUT2D eigenvalue weighted by atomic mass is 16.5. The highest BCUT2D eigenvalue weighted by molar-refractivity contribution is 6.50. The molecule has 0 saturated carbocycles. The quantitative estimate of drug-likeness (QED) is 0.0515. The van der Waals surface area contributed by atoms with Gasteiger partial charge in [-0.25, -0.2) is 20.0 Å². The number of rotatable bonds is 28. The lowest BCUT2D eigenvalue weighted by Gasteiger charge is -2.20. The summed E-state index contributed by atoms with van der Waals surface area (Å²) in [6, 6.07) is 23.0. The average molecular weight is 1060 g/mol. The summed E-state index contributed by atoms with van der Waals surface area (Å²) in [5, 5.41) is 0. The van der Waals surface area contributed by atoms with Crippen LogP contribution in [-0.2, 0) is 0 Å². The molecule has 0 N–H and O–H groups in total. The van der Waals surface area contributed by atoms with Crippen molar-refractivity contribution in [2.75, 3.05) is 52.9 Å². The van der Waals surface area contributed by atoms with Crippen molar-refractivity contribution in [3.8, 4) is 46.0 Å². The van der Waals surface area contributed by atoms with Crippen molar-refractivity contribution in [1.82, 2.24) is 0 Å². The molecule has 12 nitrogen and oxygen atoms in total. The largest absolute Gasteiger partial charge is 0.489 e. The fraction of sp³-hybridized carbons (Fsp3) is 0.118. The van der Waals surface area contributed by atoms with Crippen molar-refractivity contribution < 1.29 is 37.9 Å². The van der Waals surface area contributed by atoms with Crippen LogP contribution in [0.5, 0.6) is 46.0 Å². The lowest BCUT2D eigenvalue weighted by atomic mass is 9.85. The van der Waals surface area contributed by atoms with E-state index in [0.29, 0.717) is 125 Å². The second-order valence-electron chi connectivity index (χ2n) is 18.0. The SMILES string of the molecule is C=CCOc1cc(OCC=C)cc(C2=CC3=CC4=NC(=CC5=NC(=CC6=NC(=C(c7cc(OCC=C)cc(OCC=C)c7)C2=N3)C(c2cc(OCC=C)cc(OCC=C)c2)=C6c2cc(OCC=C)cc(OCC=C)c2)C=C5)C=C4)c1. The molecule has 9 rings (SSSR count). The molecule has 0 aromatic heterocycles. The van der Waals surface area contributed by atoms with Gasteiger partial charge in [-0.15, -0.1) is 0 Å². The highest BCUT2D eigenvalue weighted by Crippen LogP contribution is 2.49. The third-order valence-electron chi connectivity index (χ3n) is 12.1. The Bertz CT molecular complexity index is 3480. The van der Waals surface area contributed by atoms with E-state index >= 15 is 0 Å². The van der Waals surface area contributed by atoms with Gasteiger partial charge >= 0.3 is 0 Å². The first-order chi connectivity index (χ1) is 39.2. The van der Waals surface area contributed by atoms with E-state index in [1.54, 1.807) is 48.6 Å². The molecule has 8 bridgehead atoms. The zero-order valence-electron chi connectivity index (χ0n) is 44.5. The van der Waals surface area contributed by atoms with Crippen LogP contribution in [0.4, 0.5) is 0 Å². The molecule has 12 heteroatoms. The van der Waals surface area contributed by atoms with E-state index in [1.165, 1.54) is 0 Å². The predicted octanol–water partition coefficient (Wildman–Crippen LogP) is 14.2. The van der Waals surface area contributed by atoms with Crippen LogP contribution >= 0.6 is 0 Å². The number of aliphatic imine (C=N–C) groups is 4. The first kappa shape index (κ1) is 54.6.